The van der Waals surface area contributed by atoms with E-state index in [1.165, 1.54) is 0 Å². The van der Waals surface area contributed by atoms with Crippen LogP contribution >= 0.6 is 0 Å². The number of hydrogen-bond donors (Lipinski definition) is 2. The molecule has 0 radical (unpaired) electrons. The van der Waals surface area contributed by atoms with Gasteiger partial charge < -0.3 is 9.15 Å². The molecule has 0 unspecified atom stereocenters. The van der Waals surface area contributed by atoms with Gasteiger partial charge >= 0.3 is 0 Å². The SMILES string of the molecule is Cc1ccc(OCC(=O)NNC(=O)CCc2ccco2)cc1C. The highest BCUT2D eigenvalue weighted by Gasteiger charge is 2.07. The highest BCUT2D eigenvalue weighted by molar-refractivity contribution is 5.82. The Labute approximate surface area is 134 Å². The van der Waals surface area contributed by atoms with E-state index in [0.717, 1.165) is 16.9 Å². The standard InChI is InChI=1S/C17H20N2O4/c1-12-5-6-15(10-13(12)2)23-11-17(21)19-18-16(20)8-7-14-4-3-9-22-14/h3-6,9-10H,7-8,11H2,1-2H3,(H,18,20)(H,19,21). The largest absolute Gasteiger partial charge is 0.484 e. The molecule has 6 nitrogen and oxygen atoms in total. The van der Waals surface area contributed by atoms with Gasteiger partial charge in [-0.05, 0) is 49.2 Å². The van der Waals surface area contributed by atoms with Crippen LogP contribution in [-0.2, 0) is 16.0 Å². The minimum atomic E-state index is -0.422. The zero-order valence-corrected chi connectivity index (χ0v) is 13.2. The van der Waals surface area contributed by atoms with Crippen molar-refractivity contribution in [1.82, 2.24) is 10.9 Å². The van der Waals surface area contributed by atoms with Crippen LogP contribution in [0, 0.1) is 13.8 Å². The summed E-state index contributed by atoms with van der Waals surface area (Å²) in [6.45, 7) is 3.81. The lowest BCUT2D eigenvalue weighted by molar-refractivity contribution is -0.130. The number of furan rings is 1. The van der Waals surface area contributed by atoms with Crippen LogP contribution < -0.4 is 15.6 Å². The summed E-state index contributed by atoms with van der Waals surface area (Å²) >= 11 is 0. The second-order valence-corrected chi connectivity index (χ2v) is 5.21. The van der Waals surface area contributed by atoms with Gasteiger partial charge in [-0.15, -0.1) is 0 Å². The molecule has 23 heavy (non-hydrogen) atoms. The molecular weight excluding hydrogens is 296 g/mol. The summed E-state index contributed by atoms with van der Waals surface area (Å²) < 4.78 is 10.5. The van der Waals surface area contributed by atoms with Crippen molar-refractivity contribution in [2.75, 3.05) is 6.61 Å². The number of amides is 2. The zero-order valence-electron chi connectivity index (χ0n) is 13.2. The van der Waals surface area contributed by atoms with Crippen LogP contribution in [0.15, 0.2) is 41.0 Å². The maximum absolute atomic E-state index is 11.6. The monoisotopic (exact) mass is 316 g/mol. The second-order valence-electron chi connectivity index (χ2n) is 5.21. The highest BCUT2D eigenvalue weighted by Crippen LogP contribution is 2.16. The van der Waals surface area contributed by atoms with Crippen molar-refractivity contribution in [1.29, 1.82) is 0 Å². The Morgan fingerprint density at radius 2 is 1.87 bits per heavy atom. The summed E-state index contributed by atoms with van der Waals surface area (Å²) in [6, 6.07) is 9.16. The number of aryl methyl sites for hydroxylation is 3. The first kappa shape index (κ1) is 16.6. The van der Waals surface area contributed by atoms with Crippen LogP contribution in [0.2, 0.25) is 0 Å². The summed E-state index contributed by atoms with van der Waals surface area (Å²) in [6.07, 6.45) is 2.26. The van der Waals surface area contributed by atoms with E-state index in [1.54, 1.807) is 24.5 Å². The molecule has 0 spiro atoms. The number of nitrogens with one attached hydrogen (secondary N) is 2. The molecule has 2 aromatic rings. The van der Waals surface area contributed by atoms with Gasteiger partial charge in [0.25, 0.3) is 5.91 Å². The molecule has 2 rings (SSSR count). The fraction of sp³-hybridized carbons (Fsp3) is 0.294. The molecule has 6 heteroatoms. The van der Waals surface area contributed by atoms with E-state index in [-0.39, 0.29) is 18.9 Å². The lowest BCUT2D eigenvalue weighted by Gasteiger charge is -2.09. The number of carbonyl (C=O) groups is 2. The summed E-state index contributed by atoms with van der Waals surface area (Å²) in [7, 11) is 0. The topological polar surface area (TPSA) is 80.6 Å². The molecular formula is C17H20N2O4. The highest BCUT2D eigenvalue weighted by atomic mass is 16.5. The van der Waals surface area contributed by atoms with Gasteiger partial charge in [0, 0.05) is 12.8 Å². The van der Waals surface area contributed by atoms with Crippen molar-refractivity contribution >= 4 is 11.8 Å². The molecule has 0 bridgehead atoms. The maximum atomic E-state index is 11.6. The average Bonchev–Trinajstić information content (AvgIpc) is 3.05. The maximum Gasteiger partial charge on any atom is 0.276 e. The van der Waals surface area contributed by atoms with E-state index in [2.05, 4.69) is 10.9 Å². The van der Waals surface area contributed by atoms with Crippen LogP contribution in [0.5, 0.6) is 5.75 Å². The molecule has 0 aliphatic carbocycles. The van der Waals surface area contributed by atoms with Gasteiger partial charge in [0.2, 0.25) is 5.91 Å². The Hall–Kier alpha value is -2.76. The van der Waals surface area contributed by atoms with E-state index in [4.69, 9.17) is 9.15 Å². The fourth-order valence-electron chi connectivity index (χ4n) is 1.88. The molecule has 1 aromatic carbocycles. The second kappa shape index (κ2) is 8.03. The molecule has 0 fully saturated rings. The molecule has 0 saturated heterocycles. The van der Waals surface area contributed by atoms with Gasteiger partial charge in [-0.1, -0.05) is 6.07 Å². The predicted molar refractivity (Wildman–Crippen MR) is 84.7 cm³/mol. The summed E-state index contributed by atoms with van der Waals surface area (Å²) in [5.74, 6) is 0.632. The third-order valence-electron chi connectivity index (χ3n) is 3.37. The Balaban J connectivity index is 1.66. The van der Waals surface area contributed by atoms with Gasteiger partial charge in [-0.25, -0.2) is 0 Å². The van der Waals surface area contributed by atoms with Crippen LogP contribution in [0.4, 0.5) is 0 Å². The van der Waals surface area contributed by atoms with Crippen molar-refractivity contribution in [3.63, 3.8) is 0 Å². The third-order valence-corrected chi connectivity index (χ3v) is 3.37. The molecule has 0 aliphatic rings. The van der Waals surface area contributed by atoms with E-state index in [1.807, 2.05) is 26.0 Å². The number of ether oxygens (including phenoxy) is 1. The first-order valence-corrected chi connectivity index (χ1v) is 7.34. The third kappa shape index (κ3) is 5.50. The first-order valence-electron chi connectivity index (χ1n) is 7.34. The van der Waals surface area contributed by atoms with Crippen molar-refractivity contribution < 1.29 is 18.7 Å². The van der Waals surface area contributed by atoms with Crippen molar-refractivity contribution in [2.24, 2.45) is 0 Å². The summed E-state index contributed by atoms with van der Waals surface area (Å²) in [5.41, 5.74) is 6.91. The molecule has 0 saturated carbocycles. The van der Waals surface area contributed by atoms with E-state index in [0.29, 0.717) is 12.2 Å². The van der Waals surface area contributed by atoms with Gasteiger partial charge in [-0.2, -0.15) is 0 Å². The molecule has 2 amide bonds. The lowest BCUT2D eigenvalue weighted by Crippen LogP contribution is -2.43. The van der Waals surface area contributed by atoms with E-state index in [9.17, 15) is 9.59 Å². The quantitative estimate of drug-likeness (QED) is 0.799. The van der Waals surface area contributed by atoms with Gasteiger partial charge in [0.15, 0.2) is 6.61 Å². The van der Waals surface area contributed by atoms with Crippen molar-refractivity contribution in [2.45, 2.75) is 26.7 Å². The molecule has 122 valence electrons. The summed E-state index contributed by atoms with van der Waals surface area (Å²) in [5, 5.41) is 0. The predicted octanol–water partition coefficient (Wildman–Crippen LogP) is 2.06. The van der Waals surface area contributed by atoms with Gasteiger partial charge in [0.05, 0.1) is 6.26 Å². The normalized spacial score (nSPS) is 10.2. The number of hydrazine groups is 1. The smallest absolute Gasteiger partial charge is 0.276 e. The zero-order chi connectivity index (χ0) is 16.7. The Morgan fingerprint density at radius 1 is 1.09 bits per heavy atom. The van der Waals surface area contributed by atoms with E-state index < -0.39 is 5.91 Å². The minimum absolute atomic E-state index is 0.166. The Bertz CT molecular complexity index is 665. The van der Waals surface area contributed by atoms with Crippen molar-refractivity contribution in [3.05, 3.63) is 53.5 Å². The van der Waals surface area contributed by atoms with Crippen LogP contribution in [0.1, 0.15) is 23.3 Å². The van der Waals surface area contributed by atoms with Gasteiger partial charge in [0.1, 0.15) is 11.5 Å². The molecule has 2 N–H and O–H groups in total. The Kier molecular flexibility index (Phi) is 5.80. The molecule has 0 aliphatic heterocycles. The fourth-order valence-corrected chi connectivity index (χ4v) is 1.88. The number of carbonyl (C=O) groups excluding carboxylic acids is 2. The van der Waals surface area contributed by atoms with Crippen LogP contribution in [-0.4, -0.2) is 18.4 Å². The number of hydrogen-bond acceptors (Lipinski definition) is 4. The van der Waals surface area contributed by atoms with Crippen LogP contribution in [0.25, 0.3) is 0 Å². The molecule has 0 atom stereocenters. The molecule has 1 heterocycles. The Morgan fingerprint density at radius 3 is 2.57 bits per heavy atom. The lowest BCUT2D eigenvalue weighted by atomic mass is 10.1. The van der Waals surface area contributed by atoms with Crippen molar-refractivity contribution in [3.8, 4) is 5.75 Å². The van der Waals surface area contributed by atoms with E-state index >= 15 is 0 Å². The first-order chi connectivity index (χ1) is 11.0. The minimum Gasteiger partial charge on any atom is -0.484 e. The summed E-state index contributed by atoms with van der Waals surface area (Å²) in [4.78, 5) is 23.2. The number of benzene rings is 1. The number of rotatable bonds is 6. The average molecular weight is 316 g/mol. The van der Waals surface area contributed by atoms with Crippen LogP contribution in [0.3, 0.4) is 0 Å². The molecule has 1 aromatic heterocycles. The van der Waals surface area contributed by atoms with Gasteiger partial charge in [-0.3, -0.25) is 20.4 Å².